The number of carboxylic acids is 1. The summed E-state index contributed by atoms with van der Waals surface area (Å²) in [6, 6.07) is 5.60. The predicted molar refractivity (Wildman–Crippen MR) is 173 cm³/mol. The fraction of sp³-hybridized carbons (Fsp3) is 0.471. The van der Waals surface area contributed by atoms with Gasteiger partial charge in [-0.1, -0.05) is 32.1 Å². The Hall–Kier alpha value is -4.54. The van der Waals surface area contributed by atoms with Crippen LogP contribution in [0.2, 0.25) is 0 Å². The van der Waals surface area contributed by atoms with Crippen LogP contribution in [0.25, 0.3) is 22.3 Å². The molecule has 1 amide bonds. The topological polar surface area (TPSA) is 141 Å². The van der Waals surface area contributed by atoms with Crippen molar-refractivity contribution in [3.8, 4) is 28.6 Å². The summed E-state index contributed by atoms with van der Waals surface area (Å²) in [5, 5.41) is 17.8. The Kier molecular flexibility index (Phi) is 9.65. The number of hydrogen-bond acceptors (Lipinski definition) is 7. The fourth-order valence-corrected chi connectivity index (χ4v) is 6.49. The maximum Gasteiger partial charge on any atom is 0.303 e. The molecule has 1 fully saturated rings. The van der Waals surface area contributed by atoms with Crippen molar-refractivity contribution in [1.29, 1.82) is 0 Å². The summed E-state index contributed by atoms with van der Waals surface area (Å²) in [5.74, 6) is 2.05. The number of carbonyl (C=O) groups is 2. The maximum absolute atomic E-state index is 13.6. The van der Waals surface area contributed by atoms with Gasteiger partial charge in [-0.15, -0.1) is 5.10 Å². The third kappa shape index (κ3) is 6.62. The summed E-state index contributed by atoms with van der Waals surface area (Å²) in [4.78, 5) is 33.0. The van der Waals surface area contributed by atoms with E-state index in [1.807, 2.05) is 37.6 Å². The van der Waals surface area contributed by atoms with Crippen molar-refractivity contribution in [2.75, 3.05) is 26.6 Å². The zero-order valence-corrected chi connectivity index (χ0v) is 27.0. The first kappa shape index (κ1) is 31.9. The Morgan fingerprint density at radius 1 is 1.00 bits per heavy atom. The van der Waals surface area contributed by atoms with Crippen LogP contribution in [0.1, 0.15) is 77.7 Å². The van der Waals surface area contributed by atoms with E-state index >= 15 is 0 Å². The molecular weight excluding hydrogens is 574 g/mol. The molecule has 45 heavy (non-hydrogen) atoms. The monoisotopic (exact) mass is 617 g/mol. The third-order valence-corrected chi connectivity index (χ3v) is 9.07. The highest BCUT2D eigenvalue weighted by atomic mass is 16.5. The number of aromatic amines is 1. The average Bonchev–Trinajstić information content (AvgIpc) is 3.66. The number of nitrogens with one attached hydrogen (secondary N) is 2. The second-order valence-corrected chi connectivity index (χ2v) is 11.9. The van der Waals surface area contributed by atoms with Crippen LogP contribution in [0, 0.1) is 26.7 Å². The molecule has 240 valence electrons. The number of H-pyrrole nitrogens is 1. The molecule has 11 heteroatoms. The van der Waals surface area contributed by atoms with Gasteiger partial charge in [0.15, 0.2) is 5.82 Å². The Morgan fingerprint density at radius 3 is 2.40 bits per heavy atom. The van der Waals surface area contributed by atoms with Gasteiger partial charge >= 0.3 is 5.97 Å². The largest absolute Gasteiger partial charge is 0.496 e. The molecule has 11 nitrogen and oxygen atoms in total. The predicted octanol–water partition coefficient (Wildman–Crippen LogP) is 6.62. The molecule has 1 aliphatic rings. The summed E-state index contributed by atoms with van der Waals surface area (Å²) in [7, 11) is 4.82. The van der Waals surface area contributed by atoms with Crippen molar-refractivity contribution < 1.29 is 28.9 Å². The van der Waals surface area contributed by atoms with E-state index < -0.39 is 11.9 Å². The van der Waals surface area contributed by atoms with Gasteiger partial charge in [0.25, 0.3) is 5.91 Å². The summed E-state index contributed by atoms with van der Waals surface area (Å²) in [5.41, 5.74) is 5.24. The number of amides is 1. The molecule has 3 N–H and O–H groups in total. The lowest BCUT2D eigenvalue weighted by Gasteiger charge is -2.21. The summed E-state index contributed by atoms with van der Waals surface area (Å²) >= 11 is 0. The SMILES string of the molecule is COc1cc(-c2nc(NC(=O)c3cc4c(C)c(C)c(OC)c(CCC(=O)O)c4[nH]3)nn2CCC2CCCCC2)c(OC)cc1C. The van der Waals surface area contributed by atoms with Gasteiger partial charge in [-0.25, -0.2) is 4.68 Å². The molecule has 2 heterocycles. The van der Waals surface area contributed by atoms with Crippen LogP contribution in [0.4, 0.5) is 5.95 Å². The fourth-order valence-electron chi connectivity index (χ4n) is 6.49. The molecule has 5 rings (SSSR count). The Balaban J connectivity index is 1.51. The lowest BCUT2D eigenvalue weighted by atomic mass is 9.87. The number of aliphatic carboxylic acids is 1. The molecule has 0 radical (unpaired) electrons. The van der Waals surface area contributed by atoms with Crippen molar-refractivity contribution in [2.45, 2.75) is 78.7 Å². The summed E-state index contributed by atoms with van der Waals surface area (Å²) in [6.07, 6.45) is 7.41. The van der Waals surface area contributed by atoms with Crippen LogP contribution in [0.5, 0.6) is 17.2 Å². The Labute approximate surface area is 263 Å². The number of carbonyl (C=O) groups excluding carboxylic acids is 1. The molecule has 0 spiro atoms. The van der Waals surface area contributed by atoms with E-state index in [9.17, 15) is 14.7 Å². The zero-order valence-electron chi connectivity index (χ0n) is 27.0. The van der Waals surface area contributed by atoms with E-state index in [1.165, 1.54) is 32.1 Å². The highest BCUT2D eigenvalue weighted by molar-refractivity contribution is 6.06. The minimum atomic E-state index is -0.906. The van der Waals surface area contributed by atoms with E-state index in [2.05, 4.69) is 10.3 Å². The normalized spacial score (nSPS) is 13.6. The molecule has 0 unspecified atom stereocenters. The number of fused-ring (bicyclic) bond motifs is 1. The van der Waals surface area contributed by atoms with Crippen molar-refractivity contribution in [1.82, 2.24) is 19.7 Å². The second-order valence-electron chi connectivity index (χ2n) is 11.9. The number of aromatic nitrogens is 4. The number of rotatable bonds is 12. The van der Waals surface area contributed by atoms with Crippen LogP contribution >= 0.6 is 0 Å². The third-order valence-electron chi connectivity index (χ3n) is 9.07. The van der Waals surface area contributed by atoms with Gasteiger partial charge in [0.2, 0.25) is 5.95 Å². The number of ether oxygens (including phenoxy) is 3. The van der Waals surface area contributed by atoms with Gasteiger partial charge in [-0.3, -0.25) is 14.9 Å². The van der Waals surface area contributed by atoms with Crippen LogP contribution in [0.15, 0.2) is 18.2 Å². The Bertz CT molecular complexity index is 1720. The van der Waals surface area contributed by atoms with E-state index in [4.69, 9.17) is 24.3 Å². The first-order valence-corrected chi connectivity index (χ1v) is 15.5. The first-order chi connectivity index (χ1) is 21.6. The number of carboxylic acid groups (broad SMARTS) is 1. The molecule has 0 bridgehead atoms. The van der Waals surface area contributed by atoms with Gasteiger partial charge in [-0.05, 0) is 74.4 Å². The zero-order chi connectivity index (χ0) is 32.2. The number of methoxy groups -OCH3 is 3. The van der Waals surface area contributed by atoms with E-state index in [1.54, 1.807) is 27.4 Å². The number of nitrogens with zero attached hydrogens (tertiary/aromatic N) is 3. The molecule has 1 aliphatic carbocycles. The van der Waals surface area contributed by atoms with E-state index in [0.717, 1.165) is 39.6 Å². The van der Waals surface area contributed by atoms with Crippen molar-refractivity contribution >= 4 is 28.7 Å². The molecule has 1 saturated carbocycles. The summed E-state index contributed by atoms with van der Waals surface area (Å²) in [6.45, 7) is 6.50. The van der Waals surface area contributed by atoms with Crippen LogP contribution in [-0.2, 0) is 17.8 Å². The molecule has 4 aromatic rings. The molecule has 0 aliphatic heterocycles. The molecular formula is C34H43N5O6. The number of aryl methyl sites for hydroxylation is 4. The van der Waals surface area contributed by atoms with Crippen LogP contribution < -0.4 is 19.5 Å². The standard InChI is InChI=1S/C34H43N5O6/c1-19-16-28(44-5)25(18-27(19)43-4)32-36-34(38-39(32)15-14-22-10-8-7-9-11-22)37-33(42)26-17-24-20(2)21(3)31(45-6)23(30(24)35-26)12-13-29(40)41/h16-18,22,35H,7-15H2,1-6H3,(H,40,41)(H,37,38,42). The molecule has 2 aromatic carbocycles. The molecule has 0 atom stereocenters. The first-order valence-electron chi connectivity index (χ1n) is 15.5. The van der Waals surface area contributed by atoms with Crippen molar-refractivity contribution in [3.05, 3.63) is 46.1 Å². The minimum absolute atomic E-state index is 0.0627. The van der Waals surface area contributed by atoms with Gasteiger partial charge in [0.1, 0.15) is 22.9 Å². The quantitative estimate of drug-likeness (QED) is 0.161. The Morgan fingerprint density at radius 2 is 1.73 bits per heavy atom. The number of hydrogen-bond donors (Lipinski definition) is 3. The molecule has 2 aromatic heterocycles. The van der Waals surface area contributed by atoms with Gasteiger partial charge in [0, 0.05) is 23.9 Å². The van der Waals surface area contributed by atoms with Crippen molar-refractivity contribution in [2.24, 2.45) is 5.92 Å². The van der Waals surface area contributed by atoms with E-state index in [-0.39, 0.29) is 18.8 Å². The molecule has 0 saturated heterocycles. The van der Waals surface area contributed by atoms with Gasteiger partial charge in [-0.2, -0.15) is 4.98 Å². The van der Waals surface area contributed by atoms with Crippen molar-refractivity contribution in [3.63, 3.8) is 0 Å². The smallest absolute Gasteiger partial charge is 0.303 e. The lowest BCUT2D eigenvalue weighted by molar-refractivity contribution is -0.136. The van der Waals surface area contributed by atoms with Crippen LogP contribution in [0.3, 0.4) is 0 Å². The van der Waals surface area contributed by atoms with Gasteiger partial charge < -0.3 is 24.3 Å². The lowest BCUT2D eigenvalue weighted by Crippen LogP contribution is -2.14. The van der Waals surface area contributed by atoms with Crippen LogP contribution in [-0.4, -0.2) is 58.1 Å². The summed E-state index contributed by atoms with van der Waals surface area (Å²) < 4.78 is 18.9. The van der Waals surface area contributed by atoms with Gasteiger partial charge in [0.05, 0.1) is 32.4 Å². The highest BCUT2D eigenvalue weighted by Gasteiger charge is 2.24. The number of benzene rings is 2. The van der Waals surface area contributed by atoms with E-state index in [0.29, 0.717) is 46.7 Å². The second kappa shape index (κ2) is 13.6. The average molecular weight is 618 g/mol. The minimum Gasteiger partial charge on any atom is -0.496 e. The number of anilines is 1. The maximum atomic E-state index is 13.6. The highest BCUT2D eigenvalue weighted by Crippen LogP contribution is 2.38.